The highest BCUT2D eigenvalue weighted by Crippen LogP contribution is 2.31. The molecule has 6 heteroatoms. The van der Waals surface area contributed by atoms with Crippen molar-refractivity contribution in [3.05, 3.63) is 42.5 Å². The summed E-state index contributed by atoms with van der Waals surface area (Å²) < 4.78 is 7.44. The Kier molecular flexibility index (Phi) is 6.04. The Balaban J connectivity index is 1.47. The van der Waals surface area contributed by atoms with Crippen molar-refractivity contribution in [2.45, 2.75) is 33.2 Å². The van der Waals surface area contributed by atoms with E-state index >= 15 is 0 Å². The van der Waals surface area contributed by atoms with Gasteiger partial charge < -0.3 is 14.6 Å². The van der Waals surface area contributed by atoms with Crippen molar-refractivity contribution >= 4 is 39.4 Å². The minimum absolute atomic E-state index is 0.0573. The van der Waals surface area contributed by atoms with Gasteiger partial charge in [-0.2, -0.15) is 0 Å². The van der Waals surface area contributed by atoms with Gasteiger partial charge in [-0.1, -0.05) is 18.2 Å². The number of anilines is 1. The smallest absolute Gasteiger partial charge is 0.310 e. The van der Waals surface area contributed by atoms with Crippen molar-refractivity contribution in [1.82, 2.24) is 9.47 Å². The average molecular weight is 408 g/mol. The molecule has 0 saturated carbocycles. The van der Waals surface area contributed by atoms with Crippen LogP contribution in [0.2, 0.25) is 0 Å². The number of esters is 1. The number of amides is 1. The maximum absolute atomic E-state index is 12.7. The van der Waals surface area contributed by atoms with Gasteiger partial charge in [0.05, 0.1) is 19.1 Å². The first kappa shape index (κ1) is 20.4. The molecule has 2 heterocycles. The minimum Gasteiger partial charge on any atom is -0.466 e. The molecular weight excluding hydrogens is 378 g/mol. The van der Waals surface area contributed by atoms with Crippen molar-refractivity contribution in [2.75, 3.05) is 31.6 Å². The Labute approximate surface area is 176 Å². The van der Waals surface area contributed by atoms with Crippen LogP contribution >= 0.6 is 0 Å². The van der Waals surface area contributed by atoms with E-state index in [-0.39, 0.29) is 24.3 Å². The lowest BCUT2D eigenvalue weighted by atomic mass is 9.98. The molecule has 4 rings (SSSR count). The van der Waals surface area contributed by atoms with Gasteiger partial charge in [-0.15, -0.1) is 0 Å². The molecule has 1 aromatic heterocycles. The number of fused-ring (bicyclic) bond motifs is 3. The highest BCUT2D eigenvalue weighted by Gasteiger charge is 2.27. The van der Waals surface area contributed by atoms with E-state index in [0.29, 0.717) is 13.2 Å². The fourth-order valence-electron chi connectivity index (χ4n) is 4.53. The molecule has 1 atom stereocenters. The summed E-state index contributed by atoms with van der Waals surface area (Å²) in [5.74, 6) is -0.346. The van der Waals surface area contributed by atoms with E-state index in [1.165, 1.54) is 16.4 Å². The Bertz CT molecular complexity index is 1070. The maximum atomic E-state index is 12.7. The molecule has 1 aliphatic rings. The van der Waals surface area contributed by atoms with Crippen molar-refractivity contribution < 1.29 is 14.3 Å². The lowest BCUT2D eigenvalue weighted by molar-refractivity contribution is -0.150. The van der Waals surface area contributed by atoms with Crippen molar-refractivity contribution in [3.63, 3.8) is 0 Å². The number of nitrogens with zero attached hydrogens (tertiary/aromatic N) is 2. The second kappa shape index (κ2) is 8.88. The molecule has 0 aliphatic carbocycles. The Morgan fingerprint density at radius 3 is 2.70 bits per heavy atom. The highest BCUT2D eigenvalue weighted by atomic mass is 16.5. The molecule has 1 aliphatic heterocycles. The summed E-state index contributed by atoms with van der Waals surface area (Å²) in [5, 5.41) is 5.37. The Morgan fingerprint density at radius 2 is 1.90 bits per heavy atom. The summed E-state index contributed by atoms with van der Waals surface area (Å²) in [6.07, 6.45) is 1.73. The third kappa shape index (κ3) is 4.05. The maximum Gasteiger partial charge on any atom is 0.310 e. The van der Waals surface area contributed by atoms with Crippen LogP contribution in [0.25, 0.3) is 21.8 Å². The molecule has 3 aromatic rings. The predicted molar refractivity (Wildman–Crippen MR) is 120 cm³/mol. The number of aryl methyl sites for hydroxylation is 1. The number of ether oxygens (including phenoxy) is 1. The fourth-order valence-corrected chi connectivity index (χ4v) is 4.53. The third-order valence-electron chi connectivity index (χ3n) is 5.87. The van der Waals surface area contributed by atoms with Gasteiger partial charge >= 0.3 is 5.97 Å². The van der Waals surface area contributed by atoms with E-state index in [1.807, 2.05) is 24.0 Å². The number of rotatable bonds is 6. The number of nitrogens with one attached hydrogen (secondary N) is 1. The normalized spacial score (nSPS) is 17.3. The molecular formula is C24H29N3O3. The quantitative estimate of drug-likeness (QED) is 0.627. The molecule has 30 heavy (non-hydrogen) atoms. The fraction of sp³-hybridized carbons (Fsp3) is 0.417. The number of carbonyl (C=O) groups excluding carboxylic acids is 2. The van der Waals surface area contributed by atoms with Gasteiger partial charge in [0.2, 0.25) is 5.91 Å². The van der Waals surface area contributed by atoms with Crippen molar-refractivity contribution in [2.24, 2.45) is 5.92 Å². The van der Waals surface area contributed by atoms with Crippen molar-refractivity contribution in [1.29, 1.82) is 0 Å². The summed E-state index contributed by atoms with van der Waals surface area (Å²) in [6, 6.07) is 14.4. The van der Waals surface area contributed by atoms with Gasteiger partial charge in [0.15, 0.2) is 0 Å². The standard InChI is InChI=1S/C24H29N3O3/c1-3-27-21-10-6-5-9-19(21)20-14-18(11-12-22(20)27)25-23(28)16-26-13-7-8-17(15-26)24(29)30-4-2/h5-6,9-12,14,17H,3-4,7-8,13,15-16H2,1-2H3,(H,25,28)/t17-/m0/s1. The molecule has 1 amide bonds. The molecule has 158 valence electrons. The largest absolute Gasteiger partial charge is 0.466 e. The van der Waals surface area contributed by atoms with E-state index < -0.39 is 0 Å². The molecule has 1 saturated heterocycles. The third-order valence-corrected chi connectivity index (χ3v) is 5.87. The van der Waals surface area contributed by atoms with Gasteiger partial charge in [-0.05, 0) is 57.5 Å². The molecule has 1 fully saturated rings. The van der Waals surface area contributed by atoms with Gasteiger partial charge in [-0.25, -0.2) is 0 Å². The first-order chi connectivity index (χ1) is 14.6. The Morgan fingerprint density at radius 1 is 1.10 bits per heavy atom. The second-order valence-corrected chi connectivity index (χ2v) is 7.87. The predicted octanol–water partition coefficient (Wildman–Crippen LogP) is 4.03. The molecule has 0 bridgehead atoms. The van der Waals surface area contributed by atoms with E-state index in [9.17, 15) is 9.59 Å². The second-order valence-electron chi connectivity index (χ2n) is 7.87. The number of hydrogen-bond donors (Lipinski definition) is 1. The average Bonchev–Trinajstić information content (AvgIpc) is 3.07. The van der Waals surface area contributed by atoms with Crippen LogP contribution in [0.5, 0.6) is 0 Å². The molecule has 2 aromatic carbocycles. The van der Waals surface area contributed by atoms with Crippen LogP contribution in [-0.4, -0.2) is 47.6 Å². The molecule has 6 nitrogen and oxygen atoms in total. The monoisotopic (exact) mass is 407 g/mol. The number of para-hydroxylation sites is 1. The van der Waals surface area contributed by atoms with Crippen molar-refractivity contribution in [3.8, 4) is 0 Å². The van der Waals surface area contributed by atoms with Crippen LogP contribution in [0.4, 0.5) is 5.69 Å². The lowest BCUT2D eigenvalue weighted by Crippen LogP contribution is -2.43. The first-order valence-electron chi connectivity index (χ1n) is 10.8. The van der Waals surface area contributed by atoms with Gasteiger partial charge in [0.25, 0.3) is 0 Å². The first-order valence-corrected chi connectivity index (χ1v) is 10.8. The summed E-state index contributed by atoms with van der Waals surface area (Å²) in [7, 11) is 0. The van der Waals surface area contributed by atoms with E-state index in [1.54, 1.807) is 0 Å². The molecule has 1 N–H and O–H groups in total. The molecule has 0 radical (unpaired) electrons. The zero-order valence-corrected chi connectivity index (χ0v) is 17.7. The number of carbonyl (C=O) groups is 2. The lowest BCUT2D eigenvalue weighted by Gasteiger charge is -2.30. The summed E-state index contributed by atoms with van der Waals surface area (Å²) in [6.45, 7) is 6.94. The number of hydrogen-bond acceptors (Lipinski definition) is 4. The number of piperidine rings is 1. The Hall–Kier alpha value is -2.86. The minimum atomic E-state index is -0.152. The van der Waals surface area contributed by atoms with Crippen LogP contribution in [0.1, 0.15) is 26.7 Å². The van der Waals surface area contributed by atoms with Crippen LogP contribution < -0.4 is 5.32 Å². The zero-order chi connectivity index (χ0) is 21.1. The highest BCUT2D eigenvalue weighted by molar-refractivity contribution is 6.09. The SMILES string of the molecule is CCOC(=O)[C@H]1CCCN(CC(=O)Nc2ccc3c(c2)c2ccccc2n3CC)C1. The number of likely N-dealkylation sites (tertiary alicyclic amines) is 1. The molecule has 0 unspecified atom stereocenters. The number of aromatic nitrogens is 1. The van der Waals surface area contributed by atoms with Crippen LogP contribution in [-0.2, 0) is 20.9 Å². The van der Waals surface area contributed by atoms with E-state index in [0.717, 1.165) is 37.0 Å². The summed E-state index contributed by atoms with van der Waals surface area (Å²) >= 11 is 0. The topological polar surface area (TPSA) is 63.6 Å². The summed E-state index contributed by atoms with van der Waals surface area (Å²) in [4.78, 5) is 26.7. The molecule has 0 spiro atoms. The summed E-state index contributed by atoms with van der Waals surface area (Å²) in [5.41, 5.74) is 3.17. The zero-order valence-electron chi connectivity index (χ0n) is 17.7. The number of benzene rings is 2. The van der Waals surface area contributed by atoms with E-state index in [2.05, 4.69) is 47.1 Å². The van der Waals surface area contributed by atoms with Crippen LogP contribution in [0.15, 0.2) is 42.5 Å². The van der Waals surface area contributed by atoms with Gasteiger partial charge in [0.1, 0.15) is 0 Å². The van der Waals surface area contributed by atoms with E-state index in [4.69, 9.17) is 4.74 Å². The van der Waals surface area contributed by atoms with Crippen LogP contribution in [0, 0.1) is 5.92 Å². The van der Waals surface area contributed by atoms with Gasteiger partial charge in [0, 0.05) is 40.6 Å². The van der Waals surface area contributed by atoms with Gasteiger partial charge in [-0.3, -0.25) is 14.5 Å². The van der Waals surface area contributed by atoms with Crippen LogP contribution in [0.3, 0.4) is 0 Å².